The third kappa shape index (κ3) is 4.43. The van der Waals surface area contributed by atoms with Gasteiger partial charge in [0.05, 0.1) is 0 Å². The van der Waals surface area contributed by atoms with Crippen molar-refractivity contribution in [2.24, 2.45) is 0 Å². The molecule has 0 bridgehead atoms. The standard InChI is InChI=1S/C21H26FN3O2/c1-14-18(20(27)25-15(2)24-14)9-10-19(26)23-13-21(11-3-4-12-21)16-5-7-17(22)8-6-16/h5-8H,3-4,9-13H2,1-2H3,(H,23,26)(H,24,25,27). The van der Waals surface area contributed by atoms with Gasteiger partial charge < -0.3 is 10.3 Å². The van der Waals surface area contributed by atoms with E-state index in [4.69, 9.17) is 0 Å². The van der Waals surface area contributed by atoms with Crippen LogP contribution in [0.4, 0.5) is 4.39 Å². The van der Waals surface area contributed by atoms with E-state index in [-0.39, 0.29) is 29.1 Å². The summed E-state index contributed by atoms with van der Waals surface area (Å²) in [4.78, 5) is 31.4. The Morgan fingerprint density at radius 1 is 1.22 bits per heavy atom. The van der Waals surface area contributed by atoms with E-state index in [1.807, 2.05) is 12.1 Å². The number of benzene rings is 1. The van der Waals surface area contributed by atoms with E-state index in [2.05, 4.69) is 15.3 Å². The lowest BCUT2D eigenvalue weighted by molar-refractivity contribution is -0.121. The van der Waals surface area contributed by atoms with Gasteiger partial charge in [0.2, 0.25) is 5.91 Å². The lowest BCUT2D eigenvalue weighted by atomic mass is 9.78. The number of aromatic nitrogens is 2. The summed E-state index contributed by atoms with van der Waals surface area (Å²) in [6.07, 6.45) is 4.80. The molecule has 144 valence electrons. The van der Waals surface area contributed by atoms with Gasteiger partial charge >= 0.3 is 0 Å². The van der Waals surface area contributed by atoms with Crippen LogP contribution in [0.15, 0.2) is 29.1 Å². The van der Waals surface area contributed by atoms with Crippen LogP contribution >= 0.6 is 0 Å². The van der Waals surface area contributed by atoms with Gasteiger partial charge in [0.15, 0.2) is 0 Å². The smallest absolute Gasteiger partial charge is 0.254 e. The van der Waals surface area contributed by atoms with E-state index in [0.717, 1.165) is 31.2 Å². The van der Waals surface area contributed by atoms with Crippen LogP contribution in [0.2, 0.25) is 0 Å². The number of H-pyrrole nitrogens is 1. The molecule has 2 N–H and O–H groups in total. The molecule has 6 heteroatoms. The first-order valence-electron chi connectivity index (χ1n) is 9.49. The van der Waals surface area contributed by atoms with Crippen LogP contribution < -0.4 is 10.9 Å². The number of hydrogen-bond donors (Lipinski definition) is 2. The minimum atomic E-state index is -0.247. The predicted molar refractivity (Wildman–Crippen MR) is 102 cm³/mol. The third-order valence-electron chi connectivity index (χ3n) is 5.58. The molecule has 1 aliphatic carbocycles. The SMILES string of the molecule is Cc1nc(C)c(CCC(=O)NCC2(c3ccc(F)cc3)CCCC2)c(=O)[nH]1. The minimum absolute atomic E-state index is 0.0808. The van der Waals surface area contributed by atoms with Gasteiger partial charge in [-0.25, -0.2) is 9.37 Å². The first kappa shape index (κ1) is 19.3. The number of carbonyl (C=O) groups is 1. The molecule has 1 saturated carbocycles. The molecule has 1 amide bonds. The van der Waals surface area contributed by atoms with Crippen LogP contribution in [0.5, 0.6) is 0 Å². The zero-order valence-corrected chi connectivity index (χ0v) is 15.9. The maximum absolute atomic E-state index is 13.3. The molecule has 0 saturated heterocycles. The monoisotopic (exact) mass is 371 g/mol. The predicted octanol–water partition coefficient (Wildman–Crippen LogP) is 3.09. The van der Waals surface area contributed by atoms with E-state index in [1.165, 1.54) is 12.1 Å². The molecule has 0 atom stereocenters. The van der Waals surface area contributed by atoms with Gasteiger partial charge in [-0.15, -0.1) is 0 Å². The average Bonchev–Trinajstić information content (AvgIpc) is 3.10. The molecule has 5 nitrogen and oxygen atoms in total. The van der Waals surface area contributed by atoms with Crippen LogP contribution in [0, 0.1) is 19.7 Å². The fourth-order valence-corrected chi connectivity index (χ4v) is 4.06. The number of amides is 1. The van der Waals surface area contributed by atoms with E-state index >= 15 is 0 Å². The number of aromatic amines is 1. The molecule has 0 spiro atoms. The Morgan fingerprint density at radius 2 is 1.89 bits per heavy atom. The number of halogens is 1. The molecule has 27 heavy (non-hydrogen) atoms. The van der Waals surface area contributed by atoms with Crippen LogP contribution in [0.3, 0.4) is 0 Å². The van der Waals surface area contributed by atoms with E-state index < -0.39 is 0 Å². The van der Waals surface area contributed by atoms with Crippen molar-refractivity contribution in [3.05, 3.63) is 63.1 Å². The highest BCUT2D eigenvalue weighted by molar-refractivity contribution is 5.76. The Kier molecular flexibility index (Phi) is 5.73. The highest BCUT2D eigenvalue weighted by atomic mass is 19.1. The second-order valence-corrected chi connectivity index (χ2v) is 7.49. The Hall–Kier alpha value is -2.50. The van der Waals surface area contributed by atoms with Gasteiger partial charge in [0, 0.05) is 29.6 Å². The molecule has 0 unspecified atom stereocenters. The maximum Gasteiger partial charge on any atom is 0.254 e. The Balaban J connectivity index is 1.62. The lowest BCUT2D eigenvalue weighted by Crippen LogP contribution is -2.39. The molecular weight excluding hydrogens is 345 g/mol. The van der Waals surface area contributed by atoms with Crippen LogP contribution in [-0.4, -0.2) is 22.4 Å². The fraction of sp³-hybridized carbons (Fsp3) is 0.476. The number of hydrogen-bond acceptors (Lipinski definition) is 3. The zero-order chi connectivity index (χ0) is 19.4. The molecule has 3 rings (SSSR count). The van der Waals surface area contributed by atoms with Gasteiger partial charge in [-0.3, -0.25) is 9.59 Å². The van der Waals surface area contributed by atoms with Crippen molar-refractivity contribution in [1.29, 1.82) is 0 Å². The second kappa shape index (κ2) is 8.03. The van der Waals surface area contributed by atoms with E-state index in [0.29, 0.717) is 30.0 Å². The van der Waals surface area contributed by atoms with Crippen molar-refractivity contribution >= 4 is 5.91 Å². The van der Waals surface area contributed by atoms with Gasteiger partial charge in [0.1, 0.15) is 11.6 Å². The van der Waals surface area contributed by atoms with Crippen molar-refractivity contribution in [3.8, 4) is 0 Å². The van der Waals surface area contributed by atoms with Gasteiger partial charge in [0.25, 0.3) is 5.56 Å². The van der Waals surface area contributed by atoms with Gasteiger partial charge in [-0.05, 0) is 50.8 Å². The first-order chi connectivity index (χ1) is 12.9. The summed E-state index contributed by atoms with van der Waals surface area (Å²) in [5.74, 6) is 0.249. The van der Waals surface area contributed by atoms with Crippen molar-refractivity contribution < 1.29 is 9.18 Å². The number of nitrogens with zero attached hydrogens (tertiary/aromatic N) is 1. The normalized spacial score (nSPS) is 15.7. The van der Waals surface area contributed by atoms with Crippen molar-refractivity contribution in [3.63, 3.8) is 0 Å². The molecule has 1 fully saturated rings. The summed E-state index contributed by atoms with van der Waals surface area (Å²) in [6, 6.07) is 6.62. The highest BCUT2D eigenvalue weighted by Crippen LogP contribution is 2.40. The number of nitrogens with one attached hydrogen (secondary N) is 2. The molecular formula is C21H26FN3O2. The molecule has 1 aromatic carbocycles. The molecule has 1 aromatic heterocycles. The quantitative estimate of drug-likeness (QED) is 0.819. The summed E-state index contributed by atoms with van der Waals surface area (Å²) < 4.78 is 13.3. The molecule has 1 aliphatic rings. The molecule has 2 aromatic rings. The Labute approximate surface area is 158 Å². The lowest BCUT2D eigenvalue weighted by Gasteiger charge is -2.30. The Bertz CT molecular complexity index is 868. The second-order valence-electron chi connectivity index (χ2n) is 7.49. The molecule has 0 radical (unpaired) electrons. The van der Waals surface area contributed by atoms with Crippen LogP contribution in [0.1, 0.15) is 54.7 Å². The highest BCUT2D eigenvalue weighted by Gasteiger charge is 2.35. The number of aryl methyl sites for hydroxylation is 2. The zero-order valence-electron chi connectivity index (χ0n) is 15.9. The van der Waals surface area contributed by atoms with Gasteiger partial charge in [-0.1, -0.05) is 25.0 Å². The topological polar surface area (TPSA) is 74.8 Å². The van der Waals surface area contributed by atoms with Crippen molar-refractivity contribution in [2.75, 3.05) is 6.54 Å². The molecule has 1 heterocycles. The Morgan fingerprint density at radius 3 is 2.52 bits per heavy atom. The summed E-state index contributed by atoms with van der Waals surface area (Å²) in [5, 5.41) is 3.03. The maximum atomic E-state index is 13.3. The van der Waals surface area contributed by atoms with Crippen LogP contribution in [0.25, 0.3) is 0 Å². The third-order valence-corrected chi connectivity index (χ3v) is 5.58. The van der Waals surface area contributed by atoms with Crippen molar-refractivity contribution in [2.45, 2.75) is 57.8 Å². The van der Waals surface area contributed by atoms with E-state index in [9.17, 15) is 14.0 Å². The largest absolute Gasteiger partial charge is 0.355 e. The molecule has 0 aliphatic heterocycles. The first-order valence-corrected chi connectivity index (χ1v) is 9.49. The average molecular weight is 371 g/mol. The van der Waals surface area contributed by atoms with Gasteiger partial charge in [-0.2, -0.15) is 0 Å². The number of carbonyl (C=O) groups excluding carboxylic acids is 1. The fourth-order valence-electron chi connectivity index (χ4n) is 4.06. The summed E-state index contributed by atoms with van der Waals surface area (Å²) in [7, 11) is 0. The summed E-state index contributed by atoms with van der Waals surface area (Å²) >= 11 is 0. The summed E-state index contributed by atoms with van der Waals surface area (Å²) in [6.45, 7) is 4.07. The van der Waals surface area contributed by atoms with Crippen LogP contribution in [-0.2, 0) is 16.6 Å². The summed E-state index contributed by atoms with van der Waals surface area (Å²) in [5.41, 5.74) is 2.01. The minimum Gasteiger partial charge on any atom is -0.355 e. The van der Waals surface area contributed by atoms with E-state index in [1.54, 1.807) is 13.8 Å². The number of rotatable bonds is 6. The van der Waals surface area contributed by atoms with Crippen molar-refractivity contribution in [1.82, 2.24) is 15.3 Å².